The minimum Gasteiger partial charge on any atom is -0.439 e. The lowest BCUT2D eigenvalue weighted by Crippen LogP contribution is -2.38. The number of allylic oxidation sites excluding steroid dienone is 4. The van der Waals surface area contributed by atoms with E-state index < -0.39 is 53.9 Å². The fraction of sp³-hybridized carbons (Fsp3) is 0.515. The van der Waals surface area contributed by atoms with E-state index in [2.05, 4.69) is 22.5 Å². The van der Waals surface area contributed by atoms with Gasteiger partial charge in [0.25, 0.3) is 5.91 Å². The number of Topliss-reactive ketones (excluding diaryl/α,β-unsaturated/α-hetero) is 1. The van der Waals surface area contributed by atoms with E-state index in [9.17, 15) is 24.3 Å². The second kappa shape index (κ2) is 17.5. The maximum atomic E-state index is 13.6. The van der Waals surface area contributed by atoms with Gasteiger partial charge in [0.1, 0.15) is 6.10 Å². The molecule has 11 heteroatoms. The lowest BCUT2D eigenvalue weighted by atomic mass is 9.85. The van der Waals surface area contributed by atoms with E-state index in [4.69, 9.17) is 14.2 Å². The second-order valence-electron chi connectivity index (χ2n) is 11.1. The van der Waals surface area contributed by atoms with E-state index in [1.54, 1.807) is 39.0 Å². The third-order valence-electron chi connectivity index (χ3n) is 7.53. The van der Waals surface area contributed by atoms with Crippen molar-refractivity contribution in [2.24, 2.45) is 11.8 Å². The van der Waals surface area contributed by atoms with Gasteiger partial charge in [-0.3, -0.25) is 14.4 Å². The van der Waals surface area contributed by atoms with Gasteiger partial charge in [-0.25, -0.2) is 4.79 Å². The summed E-state index contributed by atoms with van der Waals surface area (Å²) in [6, 6.07) is 0. The molecule has 2 bridgehead atoms. The molecule has 0 radical (unpaired) electrons. The van der Waals surface area contributed by atoms with Crippen LogP contribution in [0.3, 0.4) is 0 Å². The van der Waals surface area contributed by atoms with Crippen LogP contribution in [0.1, 0.15) is 47.5 Å². The number of ketones is 2. The largest absolute Gasteiger partial charge is 0.439 e. The topological polar surface area (TPSA) is 152 Å². The molecule has 2 rings (SSSR count). The van der Waals surface area contributed by atoms with Crippen LogP contribution < -0.4 is 16.0 Å². The highest BCUT2D eigenvalue weighted by Gasteiger charge is 2.33. The quantitative estimate of drug-likeness (QED) is 0.251. The number of carbonyl (C=O) groups is 4. The molecule has 2 amide bonds. The summed E-state index contributed by atoms with van der Waals surface area (Å²) in [4.78, 5) is 52.2. The van der Waals surface area contributed by atoms with Crippen LogP contribution in [0.15, 0.2) is 71.1 Å². The number of alkyl carbamates (subject to hydrolysis) is 1. The average Bonchev–Trinajstić information content (AvgIpc) is 2.98. The molecule has 1 aliphatic heterocycles. The lowest BCUT2D eigenvalue weighted by molar-refractivity contribution is -0.120. The SMILES string of the molecule is C=CCNC1=C2C[C@@H](C)C[C@H](OC)[C@H](O)[C@@H](C)C=C(C)[C@H](OC(=O)NCC)[C@@H](OC)C=CC=C(C)C(=O)NC(=CC1=O)C2=O. The van der Waals surface area contributed by atoms with Crippen molar-refractivity contribution in [2.75, 3.05) is 27.3 Å². The molecule has 11 nitrogen and oxygen atoms in total. The first-order valence-corrected chi connectivity index (χ1v) is 14.8. The molecule has 0 unspecified atom stereocenters. The Bertz CT molecular complexity index is 1250. The lowest BCUT2D eigenvalue weighted by Gasteiger charge is -2.30. The minimum atomic E-state index is -0.947. The molecule has 6 atom stereocenters. The second-order valence-corrected chi connectivity index (χ2v) is 11.1. The standard InChI is InChI=1S/C33H47N3O8/c1-9-14-35-28-23-15-19(3)16-27(43-8)29(38)21(5)17-22(6)31(44-33(41)34-10-2)26(42-7)13-11-12-20(4)32(40)36-24(30(23)39)18-25(28)37/h9,11-13,17-19,21,26-27,29,31,35,38H,1,10,14-16H2,2-8H3,(H,34,41)(H,36,40)/t19-,21+,26+,27+,29-,31+/m1/s1. The number of rotatable bonds is 7. The molecule has 0 aromatic heterocycles. The molecule has 4 N–H and O–H groups in total. The van der Waals surface area contributed by atoms with Gasteiger partial charge < -0.3 is 35.3 Å². The number of amides is 2. The average molecular weight is 614 g/mol. The van der Waals surface area contributed by atoms with E-state index in [0.717, 1.165) is 6.08 Å². The fourth-order valence-corrected chi connectivity index (χ4v) is 5.13. The third kappa shape index (κ3) is 9.87. The van der Waals surface area contributed by atoms with Crippen LogP contribution in [0.2, 0.25) is 0 Å². The summed E-state index contributed by atoms with van der Waals surface area (Å²) < 4.78 is 17.1. The summed E-state index contributed by atoms with van der Waals surface area (Å²) >= 11 is 0. The molecule has 0 aromatic rings. The van der Waals surface area contributed by atoms with Crippen molar-refractivity contribution < 1.29 is 38.5 Å². The van der Waals surface area contributed by atoms with Crippen LogP contribution in [0.25, 0.3) is 0 Å². The van der Waals surface area contributed by atoms with E-state index in [0.29, 0.717) is 18.5 Å². The minimum absolute atomic E-state index is 0.122. The number of hydrogen-bond donors (Lipinski definition) is 4. The van der Waals surface area contributed by atoms with Crippen molar-refractivity contribution in [3.8, 4) is 0 Å². The Morgan fingerprint density at radius 3 is 2.50 bits per heavy atom. The summed E-state index contributed by atoms with van der Waals surface area (Å²) in [6.45, 7) is 13.2. The zero-order valence-corrected chi connectivity index (χ0v) is 26.8. The molecule has 0 fully saturated rings. The predicted octanol–water partition coefficient (Wildman–Crippen LogP) is 3.19. The van der Waals surface area contributed by atoms with Crippen LogP contribution in [0.4, 0.5) is 4.79 Å². The molecule has 0 saturated carbocycles. The fourth-order valence-electron chi connectivity index (χ4n) is 5.13. The van der Waals surface area contributed by atoms with Crippen molar-refractivity contribution in [2.45, 2.75) is 71.9 Å². The summed E-state index contributed by atoms with van der Waals surface area (Å²) in [6.07, 6.45) is 6.05. The molecule has 242 valence electrons. The Morgan fingerprint density at radius 2 is 1.89 bits per heavy atom. The van der Waals surface area contributed by atoms with Gasteiger partial charge >= 0.3 is 6.09 Å². The number of aliphatic hydroxyl groups is 1. The smallest absolute Gasteiger partial charge is 0.407 e. The first kappa shape index (κ1) is 36.4. The highest BCUT2D eigenvalue weighted by atomic mass is 16.6. The molecular formula is C33H47N3O8. The maximum absolute atomic E-state index is 13.6. The van der Waals surface area contributed by atoms with Gasteiger partial charge in [0.05, 0.1) is 23.6 Å². The Morgan fingerprint density at radius 1 is 1.18 bits per heavy atom. The number of nitrogens with one attached hydrogen (secondary N) is 3. The van der Waals surface area contributed by atoms with Crippen LogP contribution in [0.5, 0.6) is 0 Å². The highest BCUT2D eigenvalue weighted by Crippen LogP contribution is 2.28. The summed E-state index contributed by atoms with van der Waals surface area (Å²) in [5.74, 6) is -2.09. The van der Waals surface area contributed by atoms with E-state index >= 15 is 0 Å². The van der Waals surface area contributed by atoms with Gasteiger partial charge in [-0.1, -0.05) is 44.2 Å². The van der Waals surface area contributed by atoms with Crippen LogP contribution >= 0.6 is 0 Å². The third-order valence-corrected chi connectivity index (χ3v) is 7.53. The number of methoxy groups -OCH3 is 2. The van der Waals surface area contributed by atoms with Gasteiger partial charge in [-0.2, -0.15) is 0 Å². The van der Waals surface area contributed by atoms with Crippen LogP contribution in [-0.2, 0) is 28.6 Å². The first-order valence-electron chi connectivity index (χ1n) is 14.8. The van der Waals surface area contributed by atoms with Gasteiger partial charge in [-0.05, 0) is 45.1 Å². The molecule has 0 spiro atoms. The van der Waals surface area contributed by atoms with E-state index in [1.807, 2.05) is 19.9 Å². The number of aliphatic hydroxyl groups excluding tert-OH is 1. The van der Waals surface area contributed by atoms with Gasteiger partial charge in [-0.15, -0.1) is 6.58 Å². The first-order chi connectivity index (χ1) is 20.9. The Hall–Kier alpha value is -3.80. The summed E-state index contributed by atoms with van der Waals surface area (Å²) in [7, 11) is 2.97. The number of hydrogen-bond acceptors (Lipinski definition) is 9. The maximum Gasteiger partial charge on any atom is 0.407 e. The molecule has 1 aliphatic carbocycles. The zero-order valence-electron chi connectivity index (χ0n) is 26.8. The van der Waals surface area contributed by atoms with E-state index in [-0.39, 0.29) is 41.4 Å². The normalized spacial score (nSPS) is 27.5. The molecule has 1 heterocycles. The van der Waals surface area contributed by atoms with Gasteiger partial charge in [0.2, 0.25) is 11.6 Å². The van der Waals surface area contributed by atoms with Crippen LogP contribution in [0, 0.1) is 11.8 Å². The molecular weight excluding hydrogens is 566 g/mol. The van der Waals surface area contributed by atoms with Crippen molar-refractivity contribution in [1.29, 1.82) is 0 Å². The molecule has 0 aromatic carbocycles. The molecule has 2 aliphatic rings. The van der Waals surface area contributed by atoms with Gasteiger partial charge in [0.15, 0.2) is 6.10 Å². The Labute approximate surface area is 260 Å². The predicted molar refractivity (Wildman–Crippen MR) is 167 cm³/mol. The highest BCUT2D eigenvalue weighted by molar-refractivity contribution is 6.23. The zero-order chi connectivity index (χ0) is 33.0. The van der Waals surface area contributed by atoms with Crippen molar-refractivity contribution in [3.63, 3.8) is 0 Å². The molecule has 0 saturated heterocycles. The molecule has 44 heavy (non-hydrogen) atoms. The van der Waals surface area contributed by atoms with Crippen molar-refractivity contribution in [3.05, 3.63) is 71.1 Å². The van der Waals surface area contributed by atoms with Crippen LogP contribution in [-0.4, -0.2) is 80.4 Å². The number of carbonyl (C=O) groups excluding carboxylic acids is 4. The summed E-state index contributed by atoms with van der Waals surface area (Å²) in [5, 5.41) is 19.5. The number of fused-ring (bicyclic) bond motifs is 2. The van der Waals surface area contributed by atoms with Crippen molar-refractivity contribution >= 4 is 23.6 Å². The summed E-state index contributed by atoms with van der Waals surface area (Å²) in [5.41, 5.74) is 1.18. The Kier molecular flexibility index (Phi) is 14.5. The Balaban J connectivity index is 2.62. The van der Waals surface area contributed by atoms with Crippen molar-refractivity contribution in [1.82, 2.24) is 16.0 Å². The van der Waals surface area contributed by atoms with E-state index in [1.165, 1.54) is 20.3 Å². The van der Waals surface area contributed by atoms with Gasteiger partial charge in [0, 0.05) is 50.4 Å². The number of ether oxygens (including phenoxy) is 3. The monoisotopic (exact) mass is 613 g/mol.